The van der Waals surface area contributed by atoms with Gasteiger partial charge in [0.25, 0.3) is 10.0 Å². The fourth-order valence-electron chi connectivity index (χ4n) is 1.95. The van der Waals surface area contributed by atoms with Crippen LogP contribution >= 0.6 is 0 Å². The fourth-order valence-corrected chi connectivity index (χ4v) is 3.10. The number of carbonyl (C=O) groups is 1. The van der Waals surface area contributed by atoms with E-state index in [0.717, 1.165) is 12.1 Å². The molecule has 0 bridgehead atoms. The third-order valence-corrected chi connectivity index (χ3v) is 4.33. The van der Waals surface area contributed by atoms with E-state index < -0.39 is 26.6 Å². The molecule has 0 saturated carbocycles. The number of ether oxygens (including phenoxy) is 1. The van der Waals surface area contributed by atoms with Gasteiger partial charge in [0.2, 0.25) is 5.91 Å². The Bertz CT molecular complexity index is 885. The molecule has 1 amide bonds. The van der Waals surface area contributed by atoms with Crippen molar-refractivity contribution in [2.45, 2.75) is 11.8 Å². The molecule has 2 aromatic carbocycles. The van der Waals surface area contributed by atoms with E-state index in [2.05, 4.69) is 10.0 Å². The van der Waals surface area contributed by atoms with Crippen molar-refractivity contribution < 1.29 is 26.7 Å². The molecule has 0 aliphatic carbocycles. The average Bonchev–Trinajstić information content (AvgIpc) is 2.49. The van der Waals surface area contributed by atoms with Crippen LogP contribution < -0.4 is 14.8 Å². The van der Waals surface area contributed by atoms with Gasteiger partial charge in [0, 0.05) is 12.6 Å². The molecule has 0 atom stereocenters. The van der Waals surface area contributed by atoms with E-state index in [0.29, 0.717) is 11.8 Å². The van der Waals surface area contributed by atoms with Crippen LogP contribution in [0.25, 0.3) is 0 Å². The van der Waals surface area contributed by atoms with Gasteiger partial charge in [-0.1, -0.05) is 0 Å². The van der Waals surface area contributed by atoms with Crippen LogP contribution in [0.4, 0.5) is 20.2 Å². The summed E-state index contributed by atoms with van der Waals surface area (Å²) in [6.07, 6.45) is 0. The minimum absolute atomic E-state index is 0.0348. The number of hydrogen-bond acceptors (Lipinski definition) is 4. The number of sulfonamides is 1. The molecule has 0 heterocycles. The van der Waals surface area contributed by atoms with Crippen molar-refractivity contribution in [2.75, 3.05) is 17.1 Å². The molecule has 2 N–H and O–H groups in total. The molecular formula is C15H14F2N2O4S. The van der Waals surface area contributed by atoms with Gasteiger partial charge >= 0.3 is 0 Å². The number of anilines is 2. The number of halogens is 2. The maximum absolute atomic E-state index is 13.7. The molecule has 6 nitrogen and oxygen atoms in total. The van der Waals surface area contributed by atoms with Crippen molar-refractivity contribution in [1.82, 2.24) is 0 Å². The number of amides is 1. The monoisotopic (exact) mass is 356 g/mol. The van der Waals surface area contributed by atoms with Gasteiger partial charge in [-0.15, -0.1) is 0 Å². The van der Waals surface area contributed by atoms with Crippen molar-refractivity contribution in [1.29, 1.82) is 0 Å². The molecule has 2 rings (SSSR count). The Balaban J connectivity index is 2.44. The standard InChI is InChI=1S/C15H14F2N2O4S/c1-9(20)18-11-4-6-14(23-2)13(8-11)19-24(21,22)15-7-10(16)3-5-12(15)17/h3-8,19H,1-2H3,(H,18,20). The summed E-state index contributed by atoms with van der Waals surface area (Å²) >= 11 is 0. The van der Waals surface area contributed by atoms with E-state index in [4.69, 9.17) is 4.74 Å². The van der Waals surface area contributed by atoms with E-state index in [9.17, 15) is 22.0 Å². The molecule has 0 fully saturated rings. The summed E-state index contributed by atoms with van der Waals surface area (Å²) in [4.78, 5) is 10.3. The normalized spacial score (nSPS) is 11.0. The third kappa shape index (κ3) is 3.99. The molecule has 0 saturated heterocycles. The second-order valence-electron chi connectivity index (χ2n) is 4.78. The first-order valence-corrected chi connectivity index (χ1v) is 8.15. The Hall–Kier alpha value is -2.68. The highest BCUT2D eigenvalue weighted by atomic mass is 32.2. The van der Waals surface area contributed by atoms with Crippen LogP contribution in [0.1, 0.15) is 6.92 Å². The van der Waals surface area contributed by atoms with Gasteiger partial charge in [0.15, 0.2) is 0 Å². The number of hydrogen-bond donors (Lipinski definition) is 2. The zero-order valence-corrected chi connectivity index (χ0v) is 13.6. The lowest BCUT2D eigenvalue weighted by molar-refractivity contribution is -0.114. The third-order valence-electron chi connectivity index (χ3n) is 2.95. The molecule has 0 radical (unpaired) electrons. The van der Waals surface area contributed by atoms with Crippen LogP contribution in [-0.4, -0.2) is 21.4 Å². The predicted molar refractivity (Wildman–Crippen MR) is 84.5 cm³/mol. The minimum atomic E-state index is -4.40. The number of methoxy groups -OCH3 is 1. The lowest BCUT2D eigenvalue weighted by Crippen LogP contribution is -2.16. The SMILES string of the molecule is COc1ccc(NC(C)=O)cc1NS(=O)(=O)c1cc(F)ccc1F. The second kappa shape index (κ2) is 6.83. The fraction of sp³-hybridized carbons (Fsp3) is 0.133. The molecule has 24 heavy (non-hydrogen) atoms. The van der Waals surface area contributed by atoms with Crippen LogP contribution in [0.2, 0.25) is 0 Å². The second-order valence-corrected chi connectivity index (χ2v) is 6.43. The highest BCUT2D eigenvalue weighted by molar-refractivity contribution is 7.92. The van der Waals surface area contributed by atoms with Crippen molar-refractivity contribution >= 4 is 27.3 Å². The maximum atomic E-state index is 13.7. The van der Waals surface area contributed by atoms with E-state index >= 15 is 0 Å². The first-order valence-electron chi connectivity index (χ1n) is 6.66. The summed E-state index contributed by atoms with van der Waals surface area (Å²) in [5.74, 6) is -2.20. The van der Waals surface area contributed by atoms with Crippen molar-refractivity contribution in [3.05, 3.63) is 48.0 Å². The number of nitrogens with one attached hydrogen (secondary N) is 2. The summed E-state index contributed by atoms with van der Waals surface area (Å²) in [5.41, 5.74) is 0.271. The van der Waals surface area contributed by atoms with Gasteiger partial charge in [-0.3, -0.25) is 9.52 Å². The Morgan fingerprint density at radius 3 is 2.46 bits per heavy atom. The smallest absolute Gasteiger partial charge is 0.265 e. The van der Waals surface area contributed by atoms with E-state index in [1.807, 2.05) is 0 Å². The largest absolute Gasteiger partial charge is 0.495 e. The zero-order valence-electron chi connectivity index (χ0n) is 12.8. The Kier molecular flexibility index (Phi) is 5.03. The molecule has 0 unspecified atom stereocenters. The molecule has 0 spiro atoms. The number of rotatable bonds is 5. The Morgan fingerprint density at radius 2 is 1.83 bits per heavy atom. The predicted octanol–water partition coefficient (Wildman–Crippen LogP) is 2.73. The summed E-state index contributed by atoms with van der Waals surface area (Å²) in [6.45, 7) is 1.29. The molecule has 0 aliphatic heterocycles. The quantitative estimate of drug-likeness (QED) is 0.863. The van der Waals surface area contributed by atoms with Gasteiger partial charge in [0.05, 0.1) is 12.8 Å². The van der Waals surface area contributed by atoms with Crippen molar-refractivity contribution in [3.8, 4) is 5.75 Å². The summed E-state index contributed by atoms with van der Waals surface area (Å²) in [7, 11) is -3.09. The van der Waals surface area contributed by atoms with Gasteiger partial charge < -0.3 is 10.1 Å². The zero-order chi connectivity index (χ0) is 17.9. The van der Waals surface area contributed by atoms with Crippen LogP contribution in [0.15, 0.2) is 41.3 Å². The lowest BCUT2D eigenvalue weighted by Gasteiger charge is -2.14. The highest BCUT2D eigenvalue weighted by Gasteiger charge is 2.22. The van der Waals surface area contributed by atoms with Crippen LogP contribution in [0.5, 0.6) is 5.75 Å². The topological polar surface area (TPSA) is 84.5 Å². The first-order chi connectivity index (χ1) is 11.2. The minimum Gasteiger partial charge on any atom is -0.495 e. The van der Waals surface area contributed by atoms with Gasteiger partial charge in [0.1, 0.15) is 22.3 Å². The average molecular weight is 356 g/mol. The maximum Gasteiger partial charge on any atom is 0.265 e. The molecule has 2 aromatic rings. The molecule has 9 heteroatoms. The Labute approximate surface area is 137 Å². The van der Waals surface area contributed by atoms with Gasteiger partial charge in [-0.05, 0) is 36.4 Å². The van der Waals surface area contributed by atoms with E-state index in [-0.39, 0.29) is 17.3 Å². The molecule has 0 aliphatic rings. The summed E-state index contributed by atoms with van der Waals surface area (Å²) < 4.78 is 58.8. The summed E-state index contributed by atoms with van der Waals surface area (Å²) in [6, 6.07) is 6.32. The molecule has 0 aromatic heterocycles. The highest BCUT2D eigenvalue weighted by Crippen LogP contribution is 2.30. The van der Waals surface area contributed by atoms with E-state index in [1.54, 1.807) is 0 Å². The van der Waals surface area contributed by atoms with Crippen molar-refractivity contribution in [2.24, 2.45) is 0 Å². The van der Waals surface area contributed by atoms with Crippen LogP contribution in [0, 0.1) is 11.6 Å². The van der Waals surface area contributed by atoms with E-state index in [1.165, 1.54) is 32.2 Å². The first kappa shape index (κ1) is 17.7. The Morgan fingerprint density at radius 1 is 1.12 bits per heavy atom. The van der Waals surface area contributed by atoms with Crippen LogP contribution in [-0.2, 0) is 14.8 Å². The summed E-state index contributed by atoms with van der Waals surface area (Å²) in [5, 5.41) is 2.48. The number of carbonyl (C=O) groups excluding carboxylic acids is 1. The van der Waals surface area contributed by atoms with Crippen LogP contribution in [0.3, 0.4) is 0 Å². The molecule has 128 valence electrons. The lowest BCUT2D eigenvalue weighted by atomic mass is 10.2. The van der Waals surface area contributed by atoms with Crippen molar-refractivity contribution in [3.63, 3.8) is 0 Å². The van der Waals surface area contributed by atoms with Gasteiger partial charge in [-0.25, -0.2) is 17.2 Å². The number of benzene rings is 2. The van der Waals surface area contributed by atoms with Gasteiger partial charge in [-0.2, -0.15) is 0 Å². The molecular weight excluding hydrogens is 342 g/mol.